The number of rotatable bonds is 8. The summed E-state index contributed by atoms with van der Waals surface area (Å²) in [6, 6.07) is 6.02. The standard InChI is InChI=1S/C16H26N2O3/c1-3-21-15-6-4-5-14(16(15)19-2)13-17-7-8-18-9-11-20-12-10-18/h4-6,17H,3,7-13H2,1-2H3. The minimum absolute atomic E-state index is 0.643. The molecule has 1 fully saturated rings. The van der Waals surface area contributed by atoms with E-state index in [1.54, 1.807) is 7.11 Å². The molecule has 0 unspecified atom stereocenters. The number of hydrogen-bond acceptors (Lipinski definition) is 5. The molecule has 118 valence electrons. The SMILES string of the molecule is CCOc1cccc(CNCCN2CCOCC2)c1OC. The average Bonchev–Trinajstić information content (AvgIpc) is 2.53. The van der Waals surface area contributed by atoms with Gasteiger partial charge in [-0.15, -0.1) is 0 Å². The Balaban J connectivity index is 1.80. The first-order valence-corrected chi connectivity index (χ1v) is 7.64. The third-order valence-electron chi connectivity index (χ3n) is 3.59. The Kier molecular flexibility index (Phi) is 6.79. The monoisotopic (exact) mass is 294 g/mol. The third-order valence-corrected chi connectivity index (χ3v) is 3.59. The first-order valence-electron chi connectivity index (χ1n) is 7.64. The van der Waals surface area contributed by atoms with Crippen molar-refractivity contribution >= 4 is 0 Å². The molecule has 2 rings (SSSR count). The summed E-state index contributed by atoms with van der Waals surface area (Å²) in [4.78, 5) is 2.42. The Labute approximate surface area is 127 Å². The van der Waals surface area contributed by atoms with Crippen LogP contribution >= 0.6 is 0 Å². The van der Waals surface area contributed by atoms with Crippen LogP contribution in [-0.2, 0) is 11.3 Å². The van der Waals surface area contributed by atoms with Gasteiger partial charge in [0.05, 0.1) is 26.9 Å². The highest BCUT2D eigenvalue weighted by molar-refractivity contribution is 5.46. The third kappa shape index (κ3) is 4.88. The molecule has 1 N–H and O–H groups in total. The molecule has 21 heavy (non-hydrogen) atoms. The predicted octanol–water partition coefficient (Wildman–Crippen LogP) is 1.52. The maximum absolute atomic E-state index is 5.60. The second kappa shape index (κ2) is 8.87. The zero-order chi connectivity index (χ0) is 14.9. The number of morpholine rings is 1. The molecule has 1 aliphatic heterocycles. The van der Waals surface area contributed by atoms with Gasteiger partial charge in [-0.05, 0) is 13.0 Å². The lowest BCUT2D eigenvalue weighted by atomic mass is 10.2. The highest BCUT2D eigenvalue weighted by atomic mass is 16.5. The summed E-state index contributed by atoms with van der Waals surface area (Å²) in [5.41, 5.74) is 1.13. The highest BCUT2D eigenvalue weighted by Crippen LogP contribution is 2.30. The van der Waals surface area contributed by atoms with Crippen LogP contribution < -0.4 is 14.8 Å². The molecule has 5 nitrogen and oxygen atoms in total. The van der Waals surface area contributed by atoms with Gasteiger partial charge in [-0.1, -0.05) is 12.1 Å². The van der Waals surface area contributed by atoms with Crippen molar-refractivity contribution in [2.24, 2.45) is 0 Å². The van der Waals surface area contributed by atoms with E-state index in [2.05, 4.69) is 16.3 Å². The molecule has 0 aromatic heterocycles. The van der Waals surface area contributed by atoms with Gasteiger partial charge in [0.15, 0.2) is 11.5 Å². The van der Waals surface area contributed by atoms with Crippen LogP contribution in [-0.4, -0.2) is 58.0 Å². The van der Waals surface area contributed by atoms with Crippen molar-refractivity contribution in [3.8, 4) is 11.5 Å². The van der Waals surface area contributed by atoms with Gasteiger partial charge < -0.3 is 19.5 Å². The molecule has 1 aromatic carbocycles. The number of nitrogens with zero attached hydrogens (tertiary/aromatic N) is 1. The normalized spacial score (nSPS) is 15.9. The molecule has 1 aliphatic rings. The number of hydrogen-bond donors (Lipinski definition) is 1. The molecule has 0 amide bonds. The summed E-state index contributed by atoms with van der Waals surface area (Å²) in [7, 11) is 1.69. The average molecular weight is 294 g/mol. The second-order valence-electron chi connectivity index (χ2n) is 5.01. The van der Waals surface area contributed by atoms with Gasteiger partial charge in [-0.2, -0.15) is 0 Å². The fourth-order valence-electron chi connectivity index (χ4n) is 2.49. The van der Waals surface area contributed by atoms with Crippen LogP contribution in [0.15, 0.2) is 18.2 Å². The number of nitrogens with one attached hydrogen (secondary N) is 1. The van der Waals surface area contributed by atoms with E-state index in [9.17, 15) is 0 Å². The minimum Gasteiger partial charge on any atom is -0.493 e. The lowest BCUT2D eigenvalue weighted by molar-refractivity contribution is 0.0384. The first-order chi connectivity index (χ1) is 10.3. The van der Waals surface area contributed by atoms with Crippen LogP contribution in [0.3, 0.4) is 0 Å². The van der Waals surface area contributed by atoms with E-state index in [1.165, 1.54) is 0 Å². The number of methoxy groups -OCH3 is 1. The molecule has 1 saturated heterocycles. The van der Waals surface area contributed by atoms with Crippen LogP contribution in [0.4, 0.5) is 0 Å². The maximum Gasteiger partial charge on any atom is 0.165 e. The van der Waals surface area contributed by atoms with Crippen LogP contribution in [0, 0.1) is 0 Å². The number of ether oxygens (including phenoxy) is 3. The lowest BCUT2D eigenvalue weighted by Crippen LogP contribution is -2.40. The Morgan fingerprint density at radius 2 is 2.10 bits per heavy atom. The van der Waals surface area contributed by atoms with E-state index in [1.807, 2.05) is 19.1 Å². The van der Waals surface area contributed by atoms with E-state index in [0.29, 0.717) is 6.61 Å². The summed E-state index contributed by atoms with van der Waals surface area (Å²) in [5.74, 6) is 1.64. The quantitative estimate of drug-likeness (QED) is 0.736. The van der Waals surface area contributed by atoms with Crippen LogP contribution in [0.5, 0.6) is 11.5 Å². The van der Waals surface area contributed by atoms with Gasteiger partial charge in [0.1, 0.15) is 0 Å². The molecular weight excluding hydrogens is 268 g/mol. The fourth-order valence-corrected chi connectivity index (χ4v) is 2.49. The van der Waals surface area contributed by atoms with Crippen LogP contribution in [0.2, 0.25) is 0 Å². The van der Waals surface area contributed by atoms with E-state index in [4.69, 9.17) is 14.2 Å². The molecule has 0 spiro atoms. The Bertz CT molecular complexity index is 420. The Hall–Kier alpha value is -1.30. The van der Waals surface area contributed by atoms with E-state index in [-0.39, 0.29) is 0 Å². The molecular formula is C16H26N2O3. The molecule has 0 atom stereocenters. The van der Waals surface area contributed by atoms with Crippen molar-refractivity contribution < 1.29 is 14.2 Å². The van der Waals surface area contributed by atoms with E-state index < -0.39 is 0 Å². The largest absolute Gasteiger partial charge is 0.493 e. The Morgan fingerprint density at radius 3 is 2.81 bits per heavy atom. The smallest absolute Gasteiger partial charge is 0.165 e. The van der Waals surface area contributed by atoms with Gasteiger partial charge in [0.2, 0.25) is 0 Å². The van der Waals surface area contributed by atoms with Gasteiger partial charge in [-0.25, -0.2) is 0 Å². The van der Waals surface area contributed by atoms with Gasteiger partial charge >= 0.3 is 0 Å². The van der Waals surface area contributed by atoms with E-state index >= 15 is 0 Å². The van der Waals surface area contributed by atoms with Crippen molar-refractivity contribution in [1.82, 2.24) is 10.2 Å². The van der Waals surface area contributed by atoms with Crippen molar-refractivity contribution in [2.45, 2.75) is 13.5 Å². The summed E-state index contributed by atoms with van der Waals surface area (Å²) < 4.78 is 16.4. The van der Waals surface area contributed by atoms with Crippen LogP contribution in [0.1, 0.15) is 12.5 Å². The van der Waals surface area contributed by atoms with Crippen molar-refractivity contribution in [2.75, 3.05) is 53.1 Å². The molecule has 0 aliphatic carbocycles. The lowest BCUT2D eigenvalue weighted by Gasteiger charge is -2.26. The topological polar surface area (TPSA) is 43.0 Å². The van der Waals surface area contributed by atoms with Crippen molar-refractivity contribution in [3.63, 3.8) is 0 Å². The Morgan fingerprint density at radius 1 is 1.29 bits per heavy atom. The summed E-state index contributed by atoms with van der Waals surface area (Å²) in [6.07, 6.45) is 0. The molecule has 1 aromatic rings. The number of para-hydroxylation sites is 1. The molecule has 1 heterocycles. The summed E-state index contributed by atoms with van der Waals surface area (Å²) in [5, 5.41) is 3.47. The zero-order valence-corrected chi connectivity index (χ0v) is 13.1. The molecule has 0 radical (unpaired) electrons. The molecule has 5 heteroatoms. The van der Waals surface area contributed by atoms with Crippen molar-refractivity contribution in [1.29, 1.82) is 0 Å². The second-order valence-corrected chi connectivity index (χ2v) is 5.01. The van der Waals surface area contributed by atoms with E-state index in [0.717, 1.165) is 63.0 Å². The molecule has 0 bridgehead atoms. The number of benzene rings is 1. The summed E-state index contributed by atoms with van der Waals surface area (Å²) in [6.45, 7) is 9.19. The highest BCUT2D eigenvalue weighted by Gasteiger charge is 2.11. The van der Waals surface area contributed by atoms with Crippen LogP contribution in [0.25, 0.3) is 0 Å². The minimum atomic E-state index is 0.643. The van der Waals surface area contributed by atoms with Gasteiger partial charge in [-0.3, -0.25) is 4.90 Å². The predicted molar refractivity (Wildman–Crippen MR) is 83.1 cm³/mol. The maximum atomic E-state index is 5.60. The fraction of sp³-hybridized carbons (Fsp3) is 0.625. The van der Waals surface area contributed by atoms with Gasteiger partial charge in [0.25, 0.3) is 0 Å². The summed E-state index contributed by atoms with van der Waals surface area (Å²) >= 11 is 0. The zero-order valence-electron chi connectivity index (χ0n) is 13.1. The van der Waals surface area contributed by atoms with Gasteiger partial charge in [0, 0.05) is 38.3 Å². The van der Waals surface area contributed by atoms with Crippen molar-refractivity contribution in [3.05, 3.63) is 23.8 Å². The molecule has 0 saturated carbocycles. The first kappa shape index (κ1) is 16.1.